The quantitative estimate of drug-likeness (QED) is 0.498. The molecule has 33 heavy (non-hydrogen) atoms. The van der Waals surface area contributed by atoms with Gasteiger partial charge in [-0.25, -0.2) is 0 Å². The van der Waals surface area contributed by atoms with E-state index in [0.717, 1.165) is 22.5 Å². The molecule has 2 heterocycles. The van der Waals surface area contributed by atoms with Gasteiger partial charge >= 0.3 is 0 Å². The number of hydrogen-bond donors (Lipinski definition) is 1. The van der Waals surface area contributed by atoms with Crippen molar-refractivity contribution in [2.75, 3.05) is 0 Å². The van der Waals surface area contributed by atoms with Crippen LogP contribution in [0.1, 0.15) is 24.1 Å². The molecule has 4 aromatic rings. The Kier molecular flexibility index (Phi) is 6.33. The first-order chi connectivity index (χ1) is 16.0. The van der Waals surface area contributed by atoms with Crippen LogP contribution in [0.5, 0.6) is 0 Å². The number of carbonyl (C=O) groups is 1. The molecule has 2 aromatic carbocycles. The van der Waals surface area contributed by atoms with Crippen LogP contribution in [0.3, 0.4) is 0 Å². The largest absolute Gasteiger partial charge is 0.345 e. The van der Waals surface area contributed by atoms with Crippen LogP contribution in [0.25, 0.3) is 17.3 Å². The van der Waals surface area contributed by atoms with Gasteiger partial charge in [-0.3, -0.25) is 18.8 Å². The highest BCUT2D eigenvalue weighted by atomic mass is 32.1. The number of nitrogens with zero attached hydrogens (tertiary/aromatic N) is 4. The van der Waals surface area contributed by atoms with Crippen LogP contribution in [0, 0.1) is 11.3 Å². The minimum atomic E-state index is -0.535. The summed E-state index contributed by atoms with van der Waals surface area (Å²) in [5.41, 5.74) is 1.83. The van der Waals surface area contributed by atoms with Crippen LogP contribution in [-0.2, 0) is 11.8 Å². The monoisotopic (exact) mass is 455 g/mol. The first-order valence-corrected chi connectivity index (χ1v) is 11.1. The van der Waals surface area contributed by atoms with Gasteiger partial charge in [-0.15, -0.1) is 11.3 Å². The van der Waals surface area contributed by atoms with Crippen molar-refractivity contribution >= 4 is 28.9 Å². The molecule has 7 nitrogen and oxygen atoms in total. The molecule has 0 radical (unpaired) electrons. The van der Waals surface area contributed by atoms with E-state index in [0.29, 0.717) is 10.2 Å². The van der Waals surface area contributed by atoms with E-state index in [-0.39, 0.29) is 21.8 Å². The molecule has 0 aliphatic heterocycles. The van der Waals surface area contributed by atoms with Crippen LogP contribution in [0.2, 0.25) is 0 Å². The van der Waals surface area contributed by atoms with E-state index in [4.69, 9.17) is 0 Å². The molecule has 0 saturated heterocycles. The number of benzene rings is 2. The van der Waals surface area contributed by atoms with Crippen LogP contribution in [0.4, 0.5) is 0 Å². The summed E-state index contributed by atoms with van der Waals surface area (Å²) < 4.78 is 3.74. The molecule has 1 unspecified atom stereocenters. The third kappa shape index (κ3) is 4.68. The second-order valence-corrected chi connectivity index (χ2v) is 8.46. The summed E-state index contributed by atoms with van der Waals surface area (Å²) >= 11 is 1.11. The molecule has 164 valence electrons. The van der Waals surface area contributed by atoms with E-state index in [1.165, 1.54) is 4.57 Å². The fraction of sp³-hybridized carbons (Fsp3) is 0.120. The summed E-state index contributed by atoms with van der Waals surface area (Å²) in [5.74, 6) is -0.535. The molecule has 0 spiro atoms. The van der Waals surface area contributed by atoms with Crippen molar-refractivity contribution in [3.63, 3.8) is 0 Å². The van der Waals surface area contributed by atoms with Crippen LogP contribution in [-0.4, -0.2) is 20.3 Å². The van der Waals surface area contributed by atoms with Crippen molar-refractivity contribution in [3.05, 3.63) is 104 Å². The Hall–Kier alpha value is -4.22. The molecular formula is C25H21N5O2S. The number of aromatic nitrogens is 3. The minimum absolute atomic E-state index is 0.116. The normalized spacial score (nSPS) is 13.3. The molecule has 8 heteroatoms. The number of nitriles is 1. The Morgan fingerprint density at radius 1 is 1.15 bits per heavy atom. The second kappa shape index (κ2) is 9.51. The maximum absolute atomic E-state index is 13.3. The molecule has 2 aromatic heterocycles. The Labute approximate surface area is 194 Å². The van der Waals surface area contributed by atoms with Crippen molar-refractivity contribution in [3.8, 4) is 11.8 Å². The molecule has 1 atom stereocenters. The number of amides is 1. The van der Waals surface area contributed by atoms with Gasteiger partial charge in [0, 0.05) is 18.8 Å². The van der Waals surface area contributed by atoms with Gasteiger partial charge in [0.15, 0.2) is 5.57 Å². The van der Waals surface area contributed by atoms with E-state index in [1.54, 1.807) is 54.5 Å². The predicted molar refractivity (Wildman–Crippen MR) is 128 cm³/mol. The van der Waals surface area contributed by atoms with Crippen molar-refractivity contribution < 1.29 is 4.79 Å². The lowest BCUT2D eigenvalue weighted by molar-refractivity contribution is -0.116. The zero-order valence-electron chi connectivity index (χ0n) is 18.1. The number of carbonyl (C=O) groups excluding carboxylic acids is 1. The highest BCUT2D eigenvalue weighted by Gasteiger charge is 2.19. The third-order valence-electron chi connectivity index (χ3n) is 5.06. The average molecular weight is 456 g/mol. The lowest BCUT2D eigenvalue weighted by Crippen LogP contribution is -2.34. The van der Waals surface area contributed by atoms with Gasteiger partial charge < -0.3 is 5.32 Å². The number of nitrogens with one attached hydrogen (secondary N) is 1. The first-order valence-electron chi connectivity index (χ1n) is 10.3. The third-order valence-corrected chi connectivity index (χ3v) is 6.15. The molecular weight excluding hydrogens is 434 g/mol. The molecule has 1 N–H and O–H groups in total. The van der Waals surface area contributed by atoms with Gasteiger partial charge in [0.05, 0.1) is 22.5 Å². The smallest absolute Gasteiger partial charge is 0.273 e. The van der Waals surface area contributed by atoms with Crippen LogP contribution < -0.4 is 20.1 Å². The zero-order valence-corrected chi connectivity index (χ0v) is 18.9. The summed E-state index contributed by atoms with van der Waals surface area (Å²) in [4.78, 5) is 26.5. The zero-order chi connectivity index (χ0) is 23.4. The number of para-hydroxylation sites is 1. The Morgan fingerprint density at radius 3 is 2.42 bits per heavy atom. The van der Waals surface area contributed by atoms with Crippen molar-refractivity contribution in [1.29, 1.82) is 5.26 Å². The van der Waals surface area contributed by atoms with Gasteiger partial charge in [0.25, 0.3) is 11.5 Å². The predicted octanol–water partition coefficient (Wildman–Crippen LogP) is 2.01. The molecule has 4 rings (SSSR count). The fourth-order valence-electron chi connectivity index (χ4n) is 3.42. The minimum Gasteiger partial charge on any atom is -0.345 e. The van der Waals surface area contributed by atoms with Gasteiger partial charge in [-0.05, 0) is 30.7 Å². The van der Waals surface area contributed by atoms with Crippen LogP contribution >= 0.6 is 11.3 Å². The standard InChI is InChI=1S/C25H21N5O2S/c1-17(19-9-5-3-6-10-19)28-23(31)21(14-26)25-30(20-11-7-4-8-12-20)24(32)22(33-25)13-18-15-27-29(2)16-18/h3-13,15-17H,1-2H3,(H,28,31)/b22-13+,25-21-. The molecule has 1 amide bonds. The van der Waals surface area contributed by atoms with Gasteiger partial charge in [-0.1, -0.05) is 48.5 Å². The number of rotatable bonds is 5. The highest BCUT2D eigenvalue weighted by molar-refractivity contribution is 7.07. The Bertz CT molecular complexity index is 1510. The topological polar surface area (TPSA) is 92.7 Å². The van der Waals surface area contributed by atoms with Crippen LogP contribution in [0.15, 0.2) is 77.9 Å². The summed E-state index contributed by atoms with van der Waals surface area (Å²) in [6.07, 6.45) is 5.14. The Balaban J connectivity index is 1.89. The lowest BCUT2D eigenvalue weighted by atomic mass is 10.1. The summed E-state index contributed by atoms with van der Waals surface area (Å²) in [6, 6.07) is 20.2. The van der Waals surface area contributed by atoms with Crippen molar-refractivity contribution in [1.82, 2.24) is 19.7 Å². The maximum Gasteiger partial charge on any atom is 0.273 e. The van der Waals surface area contributed by atoms with E-state index >= 15 is 0 Å². The first kappa shape index (κ1) is 22.0. The molecule has 0 saturated carbocycles. The summed E-state index contributed by atoms with van der Waals surface area (Å²) in [5, 5.41) is 16.9. The SMILES string of the molecule is CC(NC(=O)/C(C#N)=c1\s/c(=C/c2cnn(C)c2)c(=O)n1-c1ccccc1)c1ccccc1. The van der Waals surface area contributed by atoms with Gasteiger partial charge in [0.1, 0.15) is 10.7 Å². The highest BCUT2D eigenvalue weighted by Crippen LogP contribution is 2.12. The maximum atomic E-state index is 13.3. The molecule has 0 fully saturated rings. The Morgan fingerprint density at radius 2 is 1.82 bits per heavy atom. The van der Waals surface area contributed by atoms with Crippen molar-refractivity contribution in [2.24, 2.45) is 7.05 Å². The summed E-state index contributed by atoms with van der Waals surface area (Å²) in [6.45, 7) is 1.85. The summed E-state index contributed by atoms with van der Waals surface area (Å²) in [7, 11) is 1.79. The average Bonchev–Trinajstić information content (AvgIpc) is 3.38. The second-order valence-electron chi connectivity index (χ2n) is 7.43. The molecule has 0 aliphatic carbocycles. The van der Waals surface area contributed by atoms with E-state index in [2.05, 4.69) is 10.4 Å². The van der Waals surface area contributed by atoms with E-state index in [1.807, 2.05) is 49.4 Å². The fourth-order valence-corrected chi connectivity index (χ4v) is 4.52. The van der Waals surface area contributed by atoms with Gasteiger partial charge in [0.2, 0.25) is 0 Å². The molecule has 0 aliphatic rings. The van der Waals surface area contributed by atoms with E-state index in [9.17, 15) is 14.9 Å². The lowest BCUT2D eigenvalue weighted by Gasteiger charge is -2.13. The molecule has 0 bridgehead atoms. The number of thiazole rings is 1. The number of aryl methyl sites for hydroxylation is 1. The van der Waals surface area contributed by atoms with Gasteiger partial charge in [-0.2, -0.15) is 10.4 Å². The van der Waals surface area contributed by atoms with Crippen molar-refractivity contribution in [2.45, 2.75) is 13.0 Å². The van der Waals surface area contributed by atoms with E-state index < -0.39 is 5.91 Å². The number of hydrogen-bond acceptors (Lipinski definition) is 5.